The van der Waals surface area contributed by atoms with E-state index in [-0.39, 0.29) is 0 Å². The number of aromatic nitrogens is 5. The largest absolute Gasteiger partial charge is 0.454 e. The maximum Gasteiger partial charge on any atom is 0.164 e. The second-order valence-corrected chi connectivity index (χ2v) is 14.3. The molecule has 0 fully saturated rings. The van der Waals surface area contributed by atoms with E-state index < -0.39 is 0 Å². The molecular weight excluding hydrogens is 687 g/mol. The Morgan fingerprint density at radius 2 is 1.05 bits per heavy atom. The van der Waals surface area contributed by atoms with Gasteiger partial charge in [-0.1, -0.05) is 103 Å². The Bertz CT molecular complexity index is 3560. The molecular formula is C50H29N5O. The fourth-order valence-electron chi connectivity index (χ4n) is 8.37. The molecule has 6 heteroatoms. The van der Waals surface area contributed by atoms with E-state index in [1.54, 1.807) is 6.20 Å². The minimum Gasteiger partial charge on any atom is -0.454 e. The molecule has 6 nitrogen and oxygen atoms in total. The van der Waals surface area contributed by atoms with Crippen LogP contribution in [0.25, 0.3) is 116 Å². The fraction of sp³-hybridized carbons (Fsp3) is 0. The number of para-hydroxylation sites is 1. The monoisotopic (exact) mass is 715 g/mol. The molecule has 0 bridgehead atoms. The Morgan fingerprint density at radius 1 is 0.375 bits per heavy atom. The molecule has 4 aromatic heterocycles. The first-order chi connectivity index (χ1) is 27.7. The van der Waals surface area contributed by atoms with E-state index in [9.17, 15) is 0 Å². The van der Waals surface area contributed by atoms with Gasteiger partial charge in [-0.25, -0.2) is 15.0 Å². The summed E-state index contributed by atoms with van der Waals surface area (Å²) in [7, 11) is 0. The average Bonchev–Trinajstić information content (AvgIpc) is 3.80. The smallest absolute Gasteiger partial charge is 0.164 e. The van der Waals surface area contributed by atoms with Gasteiger partial charge in [0.25, 0.3) is 0 Å². The van der Waals surface area contributed by atoms with Crippen molar-refractivity contribution in [1.82, 2.24) is 24.5 Å². The van der Waals surface area contributed by atoms with Gasteiger partial charge in [0.1, 0.15) is 11.1 Å². The first kappa shape index (κ1) is 30.7. The maximum atomic E-state index is 6.12. The highest BCUT2D eigenvalue weighted by Gasteiger charge is 2.18. The standard InChI is InChI=1S/C50H29N5O/c1-2-11-32-29-44-41(27-31(32)10-1)40-15-5-6-16-43(40)55(44)37-13-7-12-34(26-37)48-52-49(35-20-22-39-33(25-35)19-18-30-9-3-4-14-38(30)39)54-50(53-48)36-21-23-45-42(28-36)47-46(56-45)17-8-24-51-47/h1-29H. The minimum atomic E-state index is 0.574. The number of benzene rings is 8. The van der Waals surface area contributed by atoms with Gasteiger partial charge in [-0.3, -0.25) is 4.98 Å². The van der Waals surface area contributed by atoms with E-state index in [1.807, 2.05) is 24.3 Å². The Kier molecular flexibility index (Phi) is 6.53. The van der Waals surface area contributed by atoms with Crippen molar-refractivity contribution in [3.05, 3.63) is 176 Å². The van der Waals surface area contributed by atoms with Crippen molar-refractivity contribution in [2.75, 3.05) is 0 Å². The second-order valence-electron chi connectivity index (χ2n) is 14.3. The van der Waals surface area contributed by atoms with E-state index in [0.717, 1.165) is 60.9 Å². The number of fused-ring (bicyclic) bond motifs is 10. The van der Waals surface area contributed by atoms with Crippen LogP contribution < -0.4 is 0 Å². The van der Waals surface area contributed by atoms with Crippen LogP contribution in [-0.4, -0.2) is 24.5 Å². The highest BCUT2D eigenvalue weighted by atomic mass is 16.3. The predicted molar refractivity (Wildman–Crippen MR) is 228 cm³/mol. The van der Waals surface area contributed by atoms with Gasteiger partial charge in [0.15, 0.2) is 23.1 Å². The lowest BCUT2D eigenvalue weighted by molar-refractivity contribution is 0.668. The van der Waals surface area contributed by atoms with Crippen LogP contribution >= 0.6 is 0 Å². The van der Waals surface area contributed by atoms with Crippen molar-refractivity contribution in [2.45, 2.75) is 0 Å². The summed E-state index contributed by atoms with van der Waals surface area (Å²) < 4.78 is 8.47. The number of furan rings is 1. The Hall–Kier alpha value is -7.70. The summed E-state index contributed by atoms with van der Waals surface area (Å²) in [5.41, 5.74) is 8.31. The number of hydrogen-bond acceptors (Lipinski definition) is 5. The van der Waals surface area contributed by atoms with Gasteiger partial charge in [0.2, 0.25) is 0 Å². The van der Waals surface area contributed by atoms with Crippen LogP contribution in [0.5, 0.6) is 0 Å². The Morgan fingerprint density at radius 3 is 1.91 bits per heavy atom. The summed E-state index contributed by atoms with van der Waals surface area (Å²) in [4.78, 5) is 20.1. The first-order valence-corrected chi connectivity index (χ1v) is 18.7. The zero-order valence-corrected chi connectivity index (χ0v) is 29.9. The molecule has 12 rings (SSSR count). The first-order valence-electron chi connectivity index (χ1n) is 18.7. The fourth-order valence-corrected chi connectivity index (χ4v) is 8.37. The number of rotatable bonds is 4. The SMILES string of the molecule is c1cc(-c2nc(-c3ccc4c(ccc5ccccc54)c3)nc(-c3ccc4oc5cccnc5c4c3)n2)cc(-n2c3ccccc3c3cc4ccccc4cc32)c1. The van der Waals surface area contributed by atoms with Crippen molar-refractivity contribution in [1.29, 1.82) is 0 Å². The molecule has 4 heterocycles. The molecule has 0 spiro atoms. The molecule has 0 unspecified atom stereocenters. The van der Waals surface area contributed by atoms with Crippen molar-refractivity contribution in [3.63, 3.8) is 0 Å². The lowest BCUT2D eigenvalue weighted by atomic mass is 10.00. The normalized spacial score (nSPS) is 11.9. The van der Waals surface area contributed by atoms with Crippen LogP contribution in [0, 0.1) is 0 Å². The quantitative estimate of drug-likeness (QED) is 0.170. The van der Waals surface area contributed by atoms with Gasteiger partial charge >= 0.3 is 0 Å². The van der Waals surface area contributed by atoms with E-state index in [0.29, 0.717) is 17.5 Å². The highest BCUT2D eigenvalue weighted by molar-refractivity contribution is 6.14. The van der Waals surface area contributed by atoms with Crippen LogP contribution in [0.1, 0.15) is 0 Å². The molecule has 0 N–H and O–H groups in total. The summed E-state index contributed by atoms with van der Waals surface area (Å²) in [5, 5.41) is 10.5. The van der Waals surface area contributed by atoms with Gasteiger partial charge in [-0.05, 0) is 99.0 Å². The van der Waals surface area contributed by atoms with Crippen LogP contribution in [0.4, 0.5) is 0 Å². The summed E-state index contributed by atoms with van der Waals surface area (Å²) >= 11 is 0. The summed E-state index contributed by atoms with van der Waals surface area (Å²) in [5.74, 6) is 1.76. The molecule has 0 atom stereocenters. The summed E-state index contributed by atoms with van der Waals surface area (Å²) in [6, 6.07) is 59.5. The molecule has 56 heavy (non-hydrogen) atoms. The van der Waals surface area contributed by atoms with Gasteiger partial charge in [-0.2, -0.15) is 0 Å². The summed E-state index contributed by atoms with van der Waals surface area (Å²) in [6.07, 6.45) is 1.79. The molecule has 8 aromatic carbocycles. The second kappa shape index (κ2) is 11.9. The van der Waals surface area contributed by atoms with E-state index in [1.165, 1.54) is 37.7 Å². The molecule has 260 valence electrons. The van der Waals surface area contributed by atoms with Gasteiger partial charge in [0.05, 0.1) is 11.0 Å². The van der Waals surface area contributed by atoms with Crippen LogP contribution in [0.3, 0.4) is 0 Å². The van der Waals surface area contributed by atoms with Gasteiger partial charge < -0.3 is 8.98 Å². The highest BCUT2D eigenvalue weighted by Crippen LogP contribution is 2.37. The van der Waals surface area contributed by atoms with E-state index in [2.05, 4.69) is 155 Å². The van der Waals surface area contributed by atoms with Crippen LogP contribution in [0.15, 0.2) is 180 Å². The number of pyridine rings is 1. The molecule has 0 saturated carbocycles. The van der Waals surface area contributed by atoms with Crippen LogP contribution in [0.2, 0.25) is 0 Å². The van der Waals surface area contributed by atoms with Gasteiger partial charge in [0, 0.05) is 44.7 Å². The third-order valence-electron chi connectivity index (χ3n) is 11.0. The van der Waals surface area contributed by atoms with Crippen molar-refractivity contribution in [3.8, 4) is 39.9 Å². The van der Waals surface area contributed by atoms with E-state index in [4.69, 9.17) is 19.4 Å². The molecule has 0 radical (unpaired) electrons. The lowest BCUT2D eigenvalue weighted by Crippen LogP contribution is -2.01. The minimum absolute atomic E-state index is 0.574. The number of nitrogens with zero attached hydrogens (tertiary/aromatic N) is 5. The molecule has 0 aliphatic heterocycles. The molecule has 0 amide bonds. The van der Waals surface area contributed by atoms with Crippen LogP contribution in [-0.2, 0) is 0 Å². The average molecular weight is 716 g/mol. The predicted octanol–water partition coefficient (Wildman–Crippen LogP) is 12.7. The summed E-state index contributed by atoms with van der Waals surface area (Å²) in [6.45, 7) is 0. The van der Waals surface area contributed by atoms with E-state index >= 15 is 0 Å². The third-order valence-corrected chi connectivity index (χ3v) is 11.0. The molecule has 12 aromatic rings. The zero-order valence-electron chi connectivity index (χ0n) is 29.9. The zero-order chi connectivity index (χ0) is 36.7. The maximum absolute atomic E-state index is 6.12. The van der Waals surface area contributed by atoms with Crippen molar-refractivity contribution >= 4 is 76.2 Å². The topological polar surface area (TPSA) is 69.6 Å². The molecule has 0 saturated heterocycles. The van der Waals surface area contributed by atoms with Crippen molar-refractivity contribution in [2.24, 2.45) is 0 Å². The Balaban J connectivity index is 1.07. The Labute approximate surface area is 320 Å². The number of hydrogen-bond donors (Lipinski definition) is 0. The molecule has 0 aliphatic rings. The third kappa shape index (κ3) is 4.76. The lowest BCUT2D eigenvalue weighted by Gasteiger charge is -2.12. The van der Waals surface area contributed by atoms with Gasteiger partial charge in [-0.15, -0.1) is 0 Å². The van der Waals surface area contributed by atoms with Crippen molar-refractivity contribution < 1.29 is 4.42 Å². The molecule has 0 aliphatic carbocycles.